The van der Waals surface area contributed by atoms with Crippen LogP contribution in [0.4, 0.5) is 5.69 Å². The fourth-order valence-electron chi connectivity index (χ4n) is 3.09. The van der Waals surface area contributed by atoms with E-state index in [1.807, 2.05) is 13.8 Å². The van der Waals surface area contributed by atoms with Crippen molar-refractivity contribution >= 4 is 33.3 Å². The number of anilines is 1. The van der Waals surface area contributed by atoms with Crippen LogP contribution in [0, 0.1) is 5.92 Å². The number of hydrogen-bond donors (Lipinski definition) is 1. The Morgan fingerprint density at radius 2 is 1.93 bits per heavy atom. The lowest BCUT2D eigenvalue weighted by Gasteiger charge is -2.19. The molecule has 0 saturated carbocycles. The summed E-state index contributed by atoms with van der Waals surface area (Å²) >= 11 is 0. The average Bonchev–Trinajstić information content (AvgIpc) is 2.99. The summed E-state index contributed by atoms with van der Waals surface area (Å²) in [6.07, 6.45) is 0.428. The minimum Gasteiger partial charge on any atom is -0.456 e. The highest BCUT2D eigenvalue weighted by Gasteiger charge is 2.30. The van der Waals surface area contributed by atoms with Crippen molar-refractivity contribution in [1.82, 2.24) is 4.90 Å². The standard InChI is InChI=1S/C19H26N2O6S/c1-3-21(4-2)19(24)15-6-5-7-16(11-15)20-17(22)12-27-18(23)10-14-8-9-28(25,26)13-14/h5-7,11,14H,3-4,8-10,12-13H2,1-2H3,(H,20,22)/t14-/m0/s1. The van der Waals surface area contributed by atoms with Crippen LogP contribution in [0.3, 0.4) is 0 Å². The third-order valence-corrected chi connectivity index (χ3v) is 6.43. The Balaban J connectivity index is 1.83. The van der Waals surface area contributed by atoms with Crippen LogP contribution in [0.2, 0.25) is 0 Å². The molecule has 28 heavy (non-hydrogen) atoms. The first kappa shape index (κ1) is 21.9. The molecule has 0 aromatic heterocycles. The van der Waals surface area contributed by atoms with E-state index in [0.29, 0.717) is 30.8 Å². The molecule has 1 heterocycles. The molecule has 1 saturated heterocycles. The van der Waals surface area contributed by atoms with Gasteiger partial charge < -0.3 is 15.0 Å². The Morgan fingerprint density at radius 3 is 2.54 bits per heavy atom. The highest BCUT2D eigenvalue weighted by atomic mass is 32.2. The molecule has 0 spiro atoms. The fraction of sp³-hybridized carbons (Fsp3) is 0.526. The molecule has 0 radical (unpaired) electrons. The number of esters is 1. The summed E-state index contributed by atoms with van der Waals surface area (Å²) in [5, 5.41) is 2.59. The number of carbonyl (C=O) groups is 3. The maximum atomic E-state index is 12.4. The summed E-state index contributed by atoms with van der Waals surface area (Å²) in [6, 6.07) is 6.55. The van der Waals surface area contributed by atoms with Crippen molar-refractivity contribution in [2.75, 3.05) is 36.5 Å². The average molecular weight is 410 g/mol. The maximum absolute atomic E-state index is 12.4. The van der Waals surface area contributed by atoms with E-state index in [2.05, 4.69) is 5.32 Å². The molecular weight excluding hydrogens is 384 g/mol. The minimum atomic E-state index is -3.05. The largest absolute Gasteiger partial charge is 0.456 e. The van der Waals surface area contributed by atoms with Crippen LogP contribution in [0.15, 0.2) is 24.3 Å². The number of ether oxygens (including phenoxy) is 1. The molecule has 8 nitrogen and oxygen atoms in total. The third-order valence-electron chi connectivity index (χ3n) is 4.59. The van der Waals surface area contributed by atoms with E-state index in [1.165, 1.54) is 0 Å². The van der Waals surface area contributed by atoms with Gasteiger partial charge in [-0.05, 0) is 44.4 Å². The molecule has 1 N–H and O–H groups in total. The van der Waals surface area contributed by atoms with Gasteiger partial charge in [-0.3, -0.25) is 14.4 Å². The van der Waals surface area contributed by atoms with Crippen molar-refractivity contribution in [3.63, 3.8) is 0 Å². The van der Waals surface area contributed by atoms with E-state index < -0.39 is 28.3 Å². The smallest absolute Gasteiger partial charge is 0.306 e. The van der Waals surface area contributed by atoms with Crippen LogP contribution in [0.25, 0.3) is 0 Å². The molecule has 1 atom stereocenters. The zero-order valence-electron chi connectivity index (χ0n) is 16.1. The number of nitrogens with one attached hydrogen (secondary N) is 1. The van der Waals surface area contributed by atoms with Gasteiger partial charge in [0, 0.05) is 30.8 Å². The van der Waals surface area contributed by atoms with Crippen LogP contribution in [0.1, 0.15) is 37.0 Å². The van der Waals surface area contributed by atoms with Gasteiger partial charge in [-0.15, -0.1) is 0 Å². The molecule has 0 bridgehead atoms. The van der Waals surface area contributed by atoms with Crippen molar-refractivity contribution < 1.29 is 27.5 Å². The molecule has 2 amide bonds. The van der Waals surface area contributed by atoms with E-state index in [-0.39, 0.29) is 29.8 Å². The Hall–Kier alpha value is -2.42. The summed E-state index contributed by atoms with van der Waals surface area (Å²) in [6.45, 7) is 4.49. The van der Waals surface area contributed by atoms with E-state index in [4.69, 9.17) is 4.74 Å². The lowest BCUT2D eigenvalue weighted by Crippen LogP contribution is -2.30. The van der Waals surface area contributed by atoms with E-state index in [1.54, 1.807) is 29.2 Å². The van der Waals surface area contributed by atoms with Gasteiger partial charge in [0.1, 0.15) is 0 Å². The quantitative estimate of drug-likeness (QED) is 0.650. The maximum Gasteiger partial charge on any atom is 0.306 e. The Morgan fingerprint density at radius 1 is 1.21 bits per heavy atom. The molecule has 0 unspecified atom stereocenters. The SMILES string of the molecule is CCN(CC)C(=O)c1cccc(NC(=O)COC(=O)C[C@@H]2CCS(=O)(=O)C2)c1. The number of nitrogens with zero attached hydrogens (tertiary/aromatic N) is 1. The zero-order chi connectivity index (χ0) is 20.7. The van der Waals surface area contributed by atoms with Gasteiger partial charge in [-0.25, -0.2) is 8.42 Å². The number of sulfone groups is 1. The summed E-state index contributed by atoms with van der Waals surface area (Å²) < 4.78 is 27.7. The molecule has 1 aliphatic heterocycles. The molecule has 154 valence electrons. The van der Waals surface area contributed by atoms with Crippen molar-refractivity contribution in [1.29, 1.82) is 0 Å². The lowest BCUT2D eigenvalue weighted by molar-refractivity contribution is -0.148. The summed E-state index contributed by atoms with van der Waals surface area (Å²) in [4.78, 5) is 37.9. The van der Waals surface area contributed by atoms with Gasteiger partial charge in [0.25, 0.3) is 11.8 Å². The zero-order valence-corrected chi connectivity index (χ0v) is 17.0. The summed E-state index contributed by atoms with van der Waals surface area (Å²) in [7, 11) is -3.05. The van der Waals surface area contributed by atoms with E-state index >= 15 is 0 Å². The minimum absolute atomic E-state index is 0.0122. The lowest BCUT2D eigenvalue weighted by atomic mass is 10.1. The fourth-order valence-corrected chi connectivity index (χ4v) is 4.96. The summed E-state index contributed by atoms with van der Waals surface area (Å²) in [5.41, 5.74) is 0.891. The van der Waals surface area contributed by atoms with Crippen LogP contribution in [-0.4, -0.2) is 62.3 Å². The van der Waals surface area contributed by atoms with E-state index in [9.17, 15) is 22.8 Å². The molecule has 1 fully saturated rings. The van der Waals surface area contributed by atoms with Crippen LogP contribution >= 0.6 is 0 Å². The number of amides is 2. The van der Waals surface area contributed by atoms with Gasteiger partial charge in [-0.2, -0.15) is 0 Å². The first-order valence-corrected chi connectivity index (χ1v) is 11.1. The van der Waals surface area contributed by atoms with E-state index in [0.717, 1.165) is 0 Å². The highest BCUT2D eigenvalue weighted by molar-refractivity contribution is 7.91. The van der Waals surface area contributed by atoms with Crippen LogP contribution in [0.5, 0.6) is 0 Å². The second kappa shape index (κ2) is 9.68. The van der Waals surface area contributed by atoms with Crippen molar-refractivity contribution in [3.8, 4) is 0 Å². The topological polar surface area (TPSA) is 110 Å². The predicted molar refractivity (Wildman–Crippen MR) is 105 cm³/mol. The molecular formula is C19H26N2O6S. The number of benzene rings is 1. The van der Waals surface area contributed by atoms with Crippen molar-refractivity contribution in [3.05, 3.63) is 29.8 Å². The van der Waals surface area contributed by atoms with Gasteiger partial charge in [0.05, 0.1) is 11.5 Å². The normalized spacial score (nSPS) is 17.7. The Kier molecular flexibility index (Phi) is 7.56. The first-order valence-electron chi connectivity index (χ1n) is 9.29. The first-order chi connectivity index (χ1) is 13.2. The Bertz CT molecular complexity index is 833. The van der Waals surface area contributed by atoms with Gasteiger partial charge in [-0.1, -0.05) is 6.07 Å². The van der Waals surface area contributed by atoms with Gasteiger partial charge >= 0.3 is 5.97 Å². The van der Waals surface area contributed by atoms with Crippen LogP contribution < -0.4 is 5.32 Å². The monoisotopic (exact) mass is 410 g/mol. The third kappa shape index (κ3) is 6.33. The molecule has 1 aliphatic rings. The predicted octanol–water partition coefficient (Wildman–Crippen LogP) is 1.48. The highest BCUT2D eigenvalue weighted by Crippen LogP contribution is 2.21. The number of rotatable bonds is 8. The Labute approximate surface area is 165 Å². The second-order valence-electron chi connectivity index (χ2n) is 6.74. The molecule has 1 aromatic carbocycles. The van der Waals surface area contributed by atoms with Gasteiger partial charge in [0.15, 0.2) is 16.4 Å². The van der Waals surface area contributed by atoms with Crippen LogP contribution in [-0.2, 0) is 24.2 Å². The van der Waals surface area contributed by atoms with Crippen molar-refractivity contribution in [2.45, 2.75) is 26.7 Å². The number of hydrogen-bond acceptors (Lipinski definition) is 6. The number of carbonyl (C=O) groups excluding carboxylic acids is 3. The molecule has 0 aliphatic carbocycles. The molecule has 1 aromatic rings. The van der Waals surface area contributed by atoms with Gasteiger partial charge in [0.2, 0.25) is 0 Å². The second-order valence-corrected chi connectivity index (χ2v) is 8.97. The van der Waals surface area contributed by atoms with Crippen molar-refractivity contribution in [2.24, 2.45) is 5.92 Å². The molecule has 2 rings (SSSR count). The molecule has 9 heteroatoms. The summed E-state index contributed by atoms with van der Waals surface area (Å²) in [5.74, 6) is -1.42.